The summed E-state index contributed by atoms with van der Waals surface area (Å²) in [5, 5.41) is 2.85. The van der Waals surface area contributed by atoms with E-state index in [1.54, 1.807) is 24.0 Å². The number of unbranched alkanes of at least 4 members (excludes halogenated alkanes) is 1. The van der Waals surface area contributed by atoms with E-state index in [0.29, 0.717) is 18.5 Å². The predicted molar refractivity (Wildman–Crippen MR) is 101 cm³/mol. The third kappa shape index (κ3) is 5.71. The van der Waals surface area contributed by atoms with Crippen molar-refractivity contribution in [3.05, 3.63) is 23.8 Å². The van der Waals surface area contributed by atoms with E-state index in [9.17, 15) is 14.4 Å². The molecule has 0 aromatic heterocycles. The first-order valence-electron chi connectivity index (χ1n) is 9.39. The number of ether oxygens (including phenoxy) is 1. The van der Waals surface area contributed by atoms with E-state index < -0.39 is 18.1 Å². The highest BCUT2D eigenvalue weighted by Gasteiger charge is 2.39. The van der Waals surface area contributed by atoms with Crippen LogP contribution in [0, 0.1) is 5.92 Å². The summed E-state index contributed by atoms with van der Waals surface area (Å²) in [7, 11) is 1.33. The number of allylic oxidation sites excluding steroid dienone is 2. The van der Waals surface area contributed by atoms with Gasteiger partial charge < -0.3 is 15.0 Å². The second-order valence-corrected chi connectivity index (χ2v) is 6.84. The third-order valence-electron chi connectivity index (χ3n) is 4.55. The average molecular weight is 364 g/mol. The lowest BCUT2D eigenvalue weighted by atomic mass is 10.0. The number of nitrogens with one attached hydrogen (secondary N) is 1. The van der Waals surface area contributed by atoms with Crippen LogP contribution in [0.2, 0.25) is 0 Å². The lowest BCUT2D eigenvalue weighted by molar-refractivity contribution is -0.152. The molecule has 0 aromatic rings. The normalized spacial score (nSPS) is 19.1. The molecule has 1 rings (SSSR count). The molecule has 0 saturated carbocycles. The van der Waals surface area contributed by atoms with Crippen molar-refractivity contribution in [3.63, 3.8) is 0 Å². The van der Waals surface area contributed by atoms with E-state index in [4.69, 9.17) is 4.74 Å². The van der Waals surface area contributed by atoms with Gasteiger partial charge in [0.2, 0.25) is 5.91 Å². The van der Waals surface area contributed by atoms with Crippen LogP contribution in [0.3, 0.4) is 0 Å². The predicted octanol–water partition coefficient (Wildman–Crippen LogP) is 2.59. The van der Waals surface area contributed by atoms with Gasteiger partial charge in [0, 0.05) is 12.1 Å². The molecule has 0 spiro atoms. The van der Waals surface area contributed by atoms with Crippen molar-refractivity contribution in [3.8, 4) is 0 Å². The summed E-state index contributed by atoms with van der Waals surface area (Å²) in [5.41, 5.74) is 0.530. The Bertz CT molecular complexity index is 566. The number of carbonyl (C=O) groups excluding carboxylic acids is 3. The molecule has 6 heteroatoms. The van der Waals surface area contributed by atoms with Gasteiger partial charge in [0.1, 0.15) is 12.1 Å². The van der Waals surface area contributed by atoms with Crippen LogP contribution in [0.15, 0.2) is 23.8 Å². The minimum Gasteiger partial charge on any atom is -0.467 e. The molecule has 26 heavy (non-hydrogen) atoms. The van der Waals surface area contributed by atoms with Crippen LogP contribution < -0.4 is 5.32 Å². The van der Waals surface area contributed by atoms with Crippen molar-refractivity contribution in [1.82, 2.24) is 10.2 Å². The standard InChI is InChI=1S/C20H32N2O4/c1-6-8-9-11-15(7-2)18(23)21-17(14(3)4)19(24)22-13-10-12-16(22)20(25)26-5/h7,9,11,14,16-17H,6,8,10,12-13H2,1-5H3,(H,21,23)/b11-9-,15-7+/t16-,17-/m0/s1. The number of hydrogen-bond acceptors (Lipinski definition) is 4. The number of carbonyl (C=O) groups is 3. The van der Waals surface area contributed by atoms with E-state index in [0.717, 1.165) is 19.3 Å². The number of amides is 2. The van der Waals surface area contributed by atoms with Gasteiger partial charge in [-0.25, -0.2) is 4.79 Å². The zero-order chi connectivity index (χ0) is 19.7. The highest BCUT2D eigenvalue weighted by Crippen LogP contribution is 2.21. The maximum atomic E-state index is 13.0. The van der Waals surface area contributed by atoms with Gasteiger partial charge in [0.05, 0.1) is 7.11 Å². The highest BCUT2D eigenvalue weighted by molar-refractivity contribution is 5.99. The fourth-order valence-electron chi connectivity index (χ4n) is 3.01. The lowest BCUT2D eigenvalue weighted by Crippen LogP contribution is -2.54. The van der Waals surface area contributed by atoms with Crippen LogP contribution in [-0.4, -0.2) is 48.4 Å². The number of methoxy groups -OCH3 is 1. The van der Waals surface area contributed by atoms with Crippen molar-refractivity contribution >= 4 is 17.8 Å². The van der Waals surface area contributed by atoms with Crippen LogP contribution >= 0.6 is 0 Å². The first-order valence-corrected chi connectivity index (χ1v) is 9.39. The fourth-order valence-corrected chi connectivity index (χ4v) is 3.01. The topological polar surface area (TPSA) is 75.7 Å². The zero-order valence-electron chi connectivity index (χ0n) is 16.6. The van der Waals surface area contributed by atoms with Gasteiger partial charge in [-0.15, -0.1) is 0 Å². The van der Waals surface area contributed by atoms with Gasteiger partial charge in [0.25, 0.3) is 5.91 Å². The zero-order valence-corrected chi connectivity index (χ0v) is 16.6. The summed E-state index contributed by atoms with van der Waals surface area (Å²) in [6.07, 6.45) is 8.72. The smallest absolute Gasteiger partial charge is 0.328 e. The van der Waals surface area contributed by atoms with Crippen molar-refractivity contribution in [2.75, 3.05) is 13.7 Å². The fraction of sp³-hybridized carbons (Fsp3) is 0.650. The molecule has 6 nitrogen and oxygen atoms in total. The van der Waals surface area contributed by atoms with Crippen LogP contribution in [0.5, 0.6) is 0 Å². The van der Waals surface area contributed by atoms with E-state index >= 15 is 0 Å². The molecule has 146 valence electrons. The average Bonchev–Trinajstić information content (AvgIpc) is 3.11. The van der Waals surface area contributed by atoms with Crippen LogP contribution in [-0.2, 0) is 19.1 Å². The monoisotopic (exact) mass is 364 g/mol. The first-order chi connectivity index (χ1) is 12.4. The lowest BCUT2D eigenvalue weighted by Gasteiger charge is -2.30. The van der Waals surface area contributed by atoms with E-state index in [-0.39, 0.29) is 17.7 Å². The number of likely N-dealkylation sites (tertiary alicyclic amines) is 1. The molecule has 0 aliphatic carbocycles. The van der Waals surface area contributed by atoms with Crippen molar-refractivity contribution in [1.29, 1.82) is 0 Å². The molecule has 0 radical (unpaired) electrons. The van der Waals surface area contributed by atoms with Gasteiger partial charge in [-0.2, -0.15) is 0 Å². The summed E-state index contributed by atoms with van der Waals surface area (Å²) in [4.78, 5) is 39.0. The van der Waals surface area contributed by atoms with Gasteiger partial charge >= 0.3 is 5.97 Å². The second kappa shape index (κ2) is 10.8. The molecule has 0 aromatic carbocycles. The Morgan fingerprint density at radius 1 is 1.31 bits per heavy atom. The van der Waals surface area contributed by atoms with Crippen molar-refractivity contribution in [2.45, 2.75) is 65.5 Å². The van der Waals surface area contributed by atoms with Crippen molar-refractivity contribution in [2.24, 2.45) is 5.92 Å². The SMILES string of the molecule is C/C=C(\C=C/CCC)C(=O)N[C@H](C(=O)N1CCC[C@H]1C(=O)OC)C(C)C. The molecule has 2 amide bonds. The number of esters is 1. The third-order valence-corrected chi connectivity index (χ3v) is 4.55. The molecule has 1 fully saturated rings. The molecule has 1 aliphatic heterocycles. The Balaban J connectivity index is 2.89. The summed E-state index contributed by atoms with van der Waals surface area (Å²) in [6, 6.07) is -1.24. The Kier molecular flexibility index (Phi) is 9.10. The van der Waals surface area contributed by atoms with Gasteiger partial charge in [0.15, 0.2) is 0 Å². The first kappa shape index (κ1) is 21.9. The maximum absolute atomic E-state index is 13.0. The summed E-state index contributed by atoms with van der Waals surface area (Å²) < 4.78 is 4.81. The van der Waals surface area contributed by atoms with Crippen molar-refractivity contribution < 1.29 is 19.1 Å². The van der Waals surface area contributed by atoms with E-state index in [1.165, 1.54) is 7.11 Å². The molecule has 0 unspecified atom stereocenters. The number of hydrogen-bond donors (Lipinski definition) is 1. The highest BCUT2D eigenvalue weighted by atomic mass is 16.5. The summed E-state index contributed by atoms with van der Waals surface area (Å²) in [6.45, 7) is 8.14. The van der Waals surface area contributed by atoms with E-state index in [1.807, 2.05) is 19.9 Å². The molecule has 1 saturated heterocycles. The number of nitrogens with zero attached hydrogens (tertiary/aromatic N) is 1. The summed E-state index contributed by atoms with van der Waals surface area (Å²) >= 11 is 0. The van der Waals surface area contributed by atoms with Gasteiger partial charge in [-0.1, -0.05) is 45.4 Å². The van der Waals surface area contributed by atoms with Crippen LogP contribution in [0.4, 0.5) is 0 Å². The molecule has 1 heterocycles. The molecule has 2 atom stereocenters. The summed E-state index contributed by atoms with van der Waals surface area (Å²) in [5.74, 6) is -1.00. The minimum atomic E-state index is -0.678. The Morgan fingerprint density at radius 2 is 2.00 bits per heavy atom. The Labute approximate surface area is 156 Å². The maximum Gasteiger partial charge on any atom is 0.328 e. The molecular weight excluding hydrogens is 332 g/mol. The molecule has 1 aliphatic rings. The Hall–Kier alpha value is -2.11. The minimum absolute atomic E-state index is 0.0944. The van der Waals surface area contributed by atoms with Gasteiger partial charge in [-0.3, -0.25) is 9.59 Å². The molecule has 0 bridgehead atoms. The Morgan fingerprint density at radius 3 is 2.54 bits per heavy atom. The van der Waals surface area contributed by atoms with Crippen LogP contribution in [0.25, 0.3) is 0 Å². The largest absolute Gasteiger partial charge is 0.467 e. The molecular formula is C20H32N2O4. The second-order valence-electron chi connectivity index (χ2n) is 6.84. The van der Waals surface area contributed by atoms with Crippen LogP contribution in [0.1, 0.15) is 53.4 Å². The quantitative estimate of drug-likeness (QED) is 0.408. The number of rotatable bonds is 8. The molecule has 1 N–H and O–H groups in total. The van der Waals surface area contributed by atoms with E-state index in [2.05, 4.69) is 12.2 Å². The van der Waals surface area contributed by atoms with Gasteiger partial charge in [-0.05, 0) is 32.1 Å².